The summed E-state index contributed by atoms with van der Waals surface area (Å²) in [6.45, 7) is 1.98. The fourth-order valence-electron chi connectivity index (χ4n) is 3.37. The monoisotopic (exact) mass is 420 g/mol. The zero-order chi connectivity index (χ0) is 22.7. The number of nitrogens with zero attached hydrogens (tertiary/aromatic N) is 2. The molecule has 0 spiro atoms. The Bertz CT molecular complexity index is 1090. The van der Waals surface area contributed by atoms with Crippen molar-refractivity contribution in [3.05, 3.63) is 70.5 Å². The minimum atomic E-state index is -1.32. The van der Waals surface area contributed by atoms with Gasteiger partial charge in [0.15, 0.2) is 11.9 Å². The van der Waals surface area contributed by atoms with Gasteiger partial charge in [-0.05, 0) is 24.1 Å². The molecule has 0 aliphatic heterocycles. The Morgan fingerprint density at radius 2 is 1.94 bits per heavy atom. The maximum absolute atomic E-state index is 12.4. The van der Waals surface area contributed by atoms with Crippen LogP contribution in [0.3, 0.4) is 0 Å². The summed E-state index contributed by atoms with van der Waals surface area (Å²) in [6.07, 6.45) is -0.609. The third-order valence-electron chi connectivity index (χ3n) is 5.11. The molecule has 3 rings (SSSR count). The summed E-state index contributed by atoms with van der Waals surface area (Å²) in [5, 5.41) is 36.1. The van der Waals surface area contributed by atoms with Crippen LogP contribution in [0, 0.1) is 11.3 Å². The summed E-state index contributed by atoms with van der Waals surface area (Å²) in [5.41, 5.74) is 1.48. The summed E-state index contributed by atoms with van der Waals surface area (Å²) in [4.78, 5) is 26.0. The first-order valence-electron chi connectivity index (χ1n) is 9.82. The largest absolute Gasteiger partial charge is 0.505 e. The normalized spacial score (nSPS) is 16.2. The van der Waals surface area contributed by atoms with E-state index in [0.29, 0.717) is 12.1 Å². The Kier molecular flexibility index (Phi) is 6.28. The van der Waals surface area contributed by atoms with Crippen molar-refractivity contribution < 1.29 is 19.8 Å². The number of anilines is 1. The predicted octanol–water partition coefficient (Wildman–Crippen LogP) is 2.27. The second-order valence-electron chi connectivity index (χ2n) is 7.43. The first kappa shape index (κ1) is 21.9. The average molecular weight is 420 g/mol. The van der Waals surface area contributed by atoms with Crippen molar-refractivity contribution in [2.45, 2.75) is 25.5 Å². The molecule has 0 fully saturated rings. The van der Waals surface area contributed by atoms with E-state index < -0.39 is 17.8 Å². The Labute approximate surface area is 180 Å². The SMILES string of the molecule is CC[C@@H](NC1=C(Nc2cc(C#N)cc(C(=O)N(C)C)c2O)C(=O)C1O)c1ccccc1. The van der Waals surface area contributed by atoms with Gasteiger partial charge in [0.05, 0.1) is 34.6 Å². The standard InChI is InChI=1S/C23H24N4O4/c1-4-16(14-8-6-5-7-9-14)25-18-19(22(30)21(18)29)26-17-11-13(12-24)10-15(20(17)28)23(31)27(2)3/h5-11,16,21,25-26,28-29H,4H2,1-3H3/t16-,21?/m1/s1. The quantitative estimate of drug-likeness (QED) is 0.506. The minimum Gasteiger partial charge on any atom is -0.505 e. The number of aliphatic hydroxyl groups excluding tert-OH is 1. The van der Waals surface area contributed by atoms with Crippen LogP contribution in [-0.2, 0) is 4.79 Å². The number of nitriles is 1. The third-order valence-corrected chi connectivity index (χ3v) is 5.11. The summed E-state index contributed by atoms with van der Waals surface area (Å²) >= 11 is 0. The van der Waals surface area contributed by atoms with E-state index in [2.05, 4.69) is 10.6 Å². The van der Waals surface area contributed by atoms with Crippen LogP contribution in [0.4, 0.5) is 5.69 Å². The van der Waals surface area contributed by atoms with Gasteiger partial charge in [0.2, 0.25) is 5.78 Å². The highest BCUT2D eigenvalue weighted by Crippen LogP contribution is 2.35. The van der Waals surface area contributed by atoms with Gasteiger partial charge in [-0.15, -0.1) is 0 Å². The van der Waals surface area contributed by atoms with Crippen molar-refractivity contribution in [3.8, 4) is 11.8 Å². The maximum atomic E-state index is 12.4. The molecule has 4 N–H and O–H groups in total. The molecule has 2 atom stereocenters. The number of hydrogen-bond donors (Lipinski definition) is 4. The lowest BCUT2D eigenvalue weighted by molar-refractivity contribution is -0.124. The summed E-state index contributed by atoms with van der Waals surface area (Å²) in [5.74, 6) is -1.42. The number of phenolic OH excluding ortho intramolecular Hbond substituents is 1. The third kappa shape index (κ3) is 4.22. The molecule has 1 aliphatic rings. The molecule has 0 saturated heterocycles. The fraction of sp³-hybridized carbons (Fsp3) is 0.261. The summed E-state index contributed by atoms with van der Waals surface area (Å²) < 4.78 is 0. The van der Waals surface area contributed by atoms with Gasteiger partial charge in [0.25, 0.3) is 5.91 Å². The first-order valence-corrected chi connectivity index (χ1v) is 9.82. The van der Waals surface area contributed by atoms with Crippen molar-refractivity contribution in [1.29, 1.82) is 5.26 Å². The number of aromatic hydroxyl groups is 1. The van der Waals surface area contributed by atoms with E-state index in [-0.39, 0.29) is 34.3 Å². The number of rotatable bonds is 7. The number of Topliss-reactive ketones (excluding diaryl/α,β-unsaturated/α-hetero) is 1. The molecule has 2 aromatic rings. The van der Waals surface area contributed by atoms with Crippen LogP contribution in [-0.4, -0.2) is 47.0 Å². The predicted molar refractivity (Wildman–Crippen MR) is 115 cm³/mol. The summed E-state index contributed by atoms with van der Waals surface area (Å²) in [6, 6.07) is 14.1. The van der Waals surface area contributed by atoms with E-state index in [0.717, 1.165) is 5.56 Å². The molecule has 8 nitrogen and oxygen atoms in total. The molecule has 2 aromatic carbocycles. The fourth-order valence-corrected chi connectivity index (χ4v) is 3.37. The molecule has 31 heavy (non-hydrogen) atoms. The molecule has 0 radical (unpaired) electrons. The summed E-state index contributed by atoms with van der Waals surface area (Å²) in [7, 11) is 3.05. The molecule has 1 unspecified atom stereocenters. The highest BCUT2D eigenvalue weighted by molar-refractivity contribution is 6.11. The molecular formula is C23H24N4O4. The van der Waals surface area contributed by atoms with Crippen molar-refractivity contribution in [3.63, 3.8) is 0 Å². The number of ketones is 1. The topological polar surface area (TPSA) is 126 Å². The Hall–Kier alpha value is -3.83. The molecule has 0 heterocycles. The van der Waals surface area contributed by atoms with E-state index in [1.165, 1.54) is 31.1 Å². The van der Waals surface area contributed by atoms with Gasteiger partial charge in [-0.3, -0.25) is 9.59 Å². The smallest absolute Gasteiger partial charge is 0.257 e. The van der Waals surface area contributed by atoms with Gasteiger partial charge < -0.3 is 25.7 Å². The van der Waals surface area contributed by atoms with Crippen molar-refractivity contribution in [2.75, 3.05) is 19.4 Å². The molecule has 1 aliphatic carbocycles. The number of nitrogens with one attached hydrogen (secondary N) is 2. The highest BCUT2D eigenvalue weighted by atomic mass is 16.3. The van der Waals surface area contributed by atoms with E-state index in [1.54, 1.807) is 0 Å². The lowest BCUT2D eigenvalue weighted by Crippen LogP contribution is -2.46. The molecular weight excluding hydrogens is 396 g/mol. The molecule has 0 saturated carbocycles. The number of aliphatic hydroxyl groups is 1. The molecule has 8 heteroatoms. The van der Waals surface area contributed by atoms with Gasteiger partial charge in [-0.1, -0.05) is 37.3 Å². The van der Waals surface area contributed by atoms with Crippen molar-refractivity contribution in [1.82, 2.24) is 10.2 Å². The minimum absolute atomic E-state index is 0.0339. The van der Waals surface area contributed by atoms with Gasteiger partial charge >= 0.3 is 0 Å². The van der Waals surface area contributed by atoms with Crippen molar-refractivity contribution in [2.24, 2.45) is 0 Å². The van der Waals surface area contributed by atoms with E-state index >= 15 is 0 Å². The lowest BCUT2D eigenvalue weighted by Gasteiger charge is -2.33. The maximum Gasteiger partial charge on any atom is 0.257 e. The van der Waals surface area contributed by atoms with E-state index in [4.69, 9.17) is 0 Å². The van der Waals surface area contributed by atoms with Gasteiger partial charge in [0, 0.05) is 14.1 Å². The molecule has 160 valence electrons. The van der Waals surface area contributed by atoms with E-state index in [9.17, 15) is 25.1 Å². The number of benzene rings is 2. The second kappa shape index (κ2) is 8.90. The van der Waals surface area contributed by atoms with Crippen LogP contribution in [0.15, 0.2) is 53.9 Å². The van der Waals surface area contributed by atoms with E-state index in [1.807, 2.05) is 43.3 Å². The molecule has 0 aromatic heterocycles. The van der Waals surface area contributed by atoms with Crippen LogP contribution in [0.2, 0.25) is 0 Å². The van der Waals surface area contributed by atoms with Crippen LogP contribution < -0.4 is 10.6 Å². The molecule has 0 bridgehead atoms. The Balaban J connectivity index is 1.97. The Morgan fingerprint density at radius 1 is 1.26 bits per heavy atom. The van der Waals surface area contributed by atoms with Crippen LogP contribution in [0.25, 0.3) is 0 Å². The number of phenols is 1. The lowest BCUT2D eigenvalue weighted by atomic mass is 9.92. The van der Waals surface area contributed by atoms with Crippen molar-refractivity contribution >= 4 is 17.4 Å². The number of amides is 1. The number of hydrogen-bond acceptors (Lipinski definition) is 7. The van der Waals surface area contributed by atoms with Crippen LogP contribution >= 0.6 is 0 Å². The Morgan fingerprint density at radius 3 is 2.52 bits per heavy atom. The highest BCUT2D eigenvalue weighted by Gasteiger charge is 2.39. The zero-order valence-corrected chi connectivity index (χ0v) is 17.5. The van der Waals surface area contributed by atoms with Crippen LogP contribution in [0.5, 0.6) is 5.75 Å². The molecule has 1 amide bonds. The van der Waals surface area contributed by atoms with Crippen LogP contribution in [0.1, 0.15) is 40.9 Å². The number of carbonyl (C=O) groups is 2. The average Bonchev–Trinajstić information content (AvgIpc) is 2.79. The van der Waals surface area contributed by atoms with Gasteiger partial charge in [-0.25, -0.2) is 0 Å². The first-order chi connectivity index (χ1) is 14.8. The van der Waals surface area contributed by atoms with Gasteiger partial charge in [0.1, 0.15) is 5.70 Å². The second-order valence-corrected chi connectivity index (χ2v) is 7.43. The zero-order valence-electron chi connectivity index (χ0n) is 17.5. The number of carbonyl (C=O) groups excluding carboxylic acids is 2. The van der Waals surface area contributed by atoms with Gasteiger partial charge in [-0.2, -0.15) is 5.26 Å².